The van der Waals surface area contributed by atoms with Crippen molar-refractivity contribution in [2.45, 2.75) is 4.90 Å². The lowest BCUT2D eigenvalue weighted by Crippen LogP contribution is -1.91. The SMILES string of the molecule is CSc1cc(N)c2sccc2c1C=O. The van der Waals surface area contributed by atoms with E-state index in [1.165, 1.54) is 0 Å². The zero-order valence-corrected chi connectivity index (χ0v) is 9.24. The lowest BCUT2D eigenvalue weighted by molar-refractivity contribution is 0.112. The fraction of sp³-hybridized carbons (Fsp3) is 0.100. The van der Waals surface area contributed by atoms with Crippen LogP contribution in [-0.2, 0) is 0 Å². The number of nitrogen functional groups attached to an aromatic ring is 1. The van der Waals surface area contributed by atoms with Gasteiger partial charge in [0.15, 0.2) is 6.29 Å². The molecule has 0 fully saturated rings. The Morgan fingerprint density at radius 2 is 2.36 bits per heavy atom. The Bertz CT molecular complexity index is 490. The standard InChI is InChI=1S/C10H9NOS2/c1-13-9-4-8(11)10-6(2-3-14-10)7(9)5-12/h2-5H,11H2,1H3. The summed E-state index contributed by atoms with van der Waals surface area (Å²) in [5.74, 6) is 0. The Morgan fingerprint density at radius 1 is 1.57 bits per heavy atom. The number of thioether (sulfide) groups is 1. The summed E-state index contributed by atoms with van der Waals surface area (Å²) in [5, 5.41) is 2.92. The molecule has 0 bridgehead atoms. The number of rotatable bonds is 2. The Kier molecular flexibility index (Phi) is 2.48. The van der Waals surface area contributed by atoms with Crippen LogP contribution in [0, 0.1) is 0 Å². The van der Waals surface area contributed by atoms with E-state index in [9.17, 15) is 4.79 Å². The van der Waals surface area contributed by atoms with E-state index in [0.29, 0.717) is 0 Å². The first-order valence-corrected chi connectivity index (χ1v) is 6.17. The molecular formula is C10H9NOS2. The number of benzene rings is 1. The molecular weight excluding hydrogens is 214 g/mol. The molecule has 0 amide bonds. The van der Waals surface area contributed by atoms with Crippen LogP contribution < -0.4 is 5.73 Å². The van der Waals surface area contributed by atoms with E-state index in [1.807, 2.05) is 23.8 Å². The number of carbonyl (C=O) groups excluding carboxylic acids is 1. The van der Waals surface area contributed by atoms with Crippen molar-refractivity contribution >= 4 is 45.2 Å². The summed E-state index contributed by atoms with van der Waals surface area (Å²) in [7, 11) is 0. The van der Waals surface area contributed by atoms with Crippen molar-refractivity contribution in [2.24, 2.45) is 0 Å². The maximum atomic E-state index is 11.0. The topological polar surface area (TPSA) is 43.1 Å². The highest BCUT2D eigenvalue weighted by molar-refractivity contribution is 7.98. The van der Waals surface area contributed by atoms with Crippen molar-refractivity contribution in [3.8, 4) is 0 Å². The fourth-order valence-corrected chi connectivity index (χ4v) is 2.92. The third-order valence-corrected chi connectivity index (χ3v) is 3.85. The average Bonchev–Trinajstić information content (AvgIpc) is 2.66. The second kappa shape index (κ2) is 3.63. The second-order valence-electron chi connectivity index (χ2n) is 2.86. The largest absolute Gasteiger partial charge is 0.398 e. The highest BCUT2D eigenvalue weighted by Crippen LogP contribution is 2.34. The smallest absolute Gasteiger partial charge is 0.151 e. The molecule has 0 saturated carbocycles. The molecule has 0 spiro atoms. The van der Waals surface area contributed by atoms with Crippen molar-refractivity contribution in [3.63, 3.8) is 0 Å². The summed E-state index contributed by atoms with van der Waals surface area (Å²) in [6.07, 6.45) is 2.85. The lowest BCUT2D eigenvalue weighted by Gasteiger charge is -2.05. The zero-order valence-electron chi connectivity index (χ0n) is 7.61. The number of aldehydes is 1. The number of hydrogen-bond donors (Lipinski definition) is 1. The first-order chi connectivity index (χ1) is 6.77. The molecule has 72 valence electrons. The van der Waals surface area contributed by atoms with Crippen LogP contribution in [0.1, 0.15) is 10.4 Å². The molecule has 1 heterocycles. The van der Waals surface area contributed by atoms with Crippen LogP contribution in [0.2, 0.25) is 0 Å². The first kappa shape index (κ1) is 9.55. The van der Waals surface area contributed by atoms with E-state index < -0.39 is 0 Å². The van der Waals surface area contributed by atoms with E-state index in [4.69, 9.17) is 5.73 Å². The van der Waals surface area contributed by atoms with E-state index >= 15 is 0 Å². The van der Waals surface area contributed by atoms with Gasteiger partial charge in [-0.05, 0) is 23.8 Å². The van der Waals surface area contributed by atoms with E-state index in [0.717, 1.165) is 32.5 Å². The Balaban J connectivity index is 2.88. The van der Waals surface area contributed by atoms with Crippen molar-refractivity contribution in [1.29, 1.82) is 0 Å². The third-order valence-electron chi connectivity index (χ3n) is 2.11. The molecule has 0 aliphatic heterocycles. The quantitative estimate of drug-likeness (QED) is 0.483. The van der Waals surface area contributed by atoms with Gasteiger partial charge in [-0.25, -0.2) is 0 Å². The number of carbonyl (C=O) groups is 1. The molecule has 2 nitrogen and oxygen atoms in total. The minimum Gasteiger partial charge on any atom is -0.398 e. The lowest BCUT2D eigenvalue weighted by atomic mass is 10.1. The molecule has 1 aromatic carbocycles. The summed E-state index contributed by atoms with van der Waals surface area (Å²) in [4.78, 5) is 11.9. The van der Waals surface area contributed by atoms with Crippen LogP contribution in [0.25, 0.3) is 10.1 Å². The Hall–Kier alpha value is -1.00. The van der Waals surface area contributed by atoms with Gasteiger partial charge in [0, 0.05) is 15.8 Å². The molecule has 4 heteroatoms. The molecule has 2 rings (SSSR count). The monoisotopic (exact) mass is 223 g/mol. The number of nitrogens with two attached hydrogens (primary N) is 1. The van der Waals surface area contributed by atoms with Crippen LogP contribution in [0.3, 0.4) is 0 Å². The van der Waals surface area contributed by atoms with Crippen molar-refractivity contribution in [1.82, 2.24) is 0 Å². The van der Waals surface area contributed by atoms with Crippen LogP contribution in [-0.4, -0.2) is 12.5 Å². The van der Waals surface area contributed by atoms with Gasteiger partial charge in [0.05, 0.1) is 10.4 Å². The zero-order chi connectivity index (χ0) is 10.1. The van der Waals surface area contributed by atoms with Gasteiger partial charge in [0.1, 0.15) is 0 Å². The molecule has 2 N–H and O–H groups in total. The van der Waals surface area contributed by atoms with Gasteiger partial charge >= 0.3 is 0 Å². The van der Waals surface area contributed by atoms with E-state index in [2.05, 4.69) is 0 Å². The number of thiophene rings is 1. The normalized spacial score (nSPS) is 10.6. The van der Waals surface area contributed by atoms with Crippen molar-refractivity contribution in [3.05, 3.63) is 23.1 Å². The van der Waals surface area contributed by atoms with Crippen LogP contribution in [0.15, 0.2) is 22.4 Å². The first-order valence-electron chi connectivity index (χ1n) is 4.06. The van der Waals surface area contributed by atoms with Gasteiger partial charge in [0.2, 0.25) is 0 Å². The second-order valence-corrected chi connectivity index (χ2v) is 4.63. The number of anilines is 1. The van der Waals surface area contributed by atoms with Gasteiger partial charge in [-0.1, -0.05) is 0 Å². The molecule has 0 saturated heterocycles. The predicted molar refractivity (Wildman–Crippen MR) is 63.4 cm³/mol. The third kappa shape index (κ3) is 1.31. The number of hydrogen-bond acceptors (Lipinski definition) is 4. The molecule has 14 heavy (non-hydrogen) atoms. The van der Waals surface area contributed by atoms with E-state index in [1.54, 1.807) is 23.1 Å². The highest BCUT2D eigenvalue weighted by Gasteiger charge is 2.10. The molecule has 1 aromatic heterocycles. The minimum absolute atomic E-state index is 0.753. The molecule has 2 aromatic rings. The van der Waals surface area contributed by atoms with Gasteiger partial charge in [0.25, 0.3) is 0 Å². The maximum Gasteiger partial charge on any atom is 0.151 e. The predicted octanol–water partition coefficient (Wildman–Crippen LogP) is 3.02. The summed E-state index contributed by atoms with van der Waals surface area (Å²) in [6.45, 7) is 0. The fourth-order valence-electron chi connectivity index (χ4n) is 1.45. The summed E-state index contributed by atoms with van der Waals surface area (Å²) in [5.41, 5.74) is 7.39. The minimum atomic E-state index is 0.753. The van der Waals surface area contributed by atoms with Gasteiger partial charge in [-0.3, -0.25) is 4.79 Å². The molecule has 0 radical (unpaired) electrons. The Morgan fingerprint density at radius 3 is 3.00 bits per heavy atom. The van der Waals surface area contributed by atoms with Crippen LogP contribution in [0.5, 0.6) is 0 Å². The maximum absolute atomic E-state index is 11.0. The molecule has 0 aliphatic rings. The average molecular weight is 223 g/mol. The summed E-state index contributed by atoms with van der Waals surface area (Å²) in [6, 6.07) is 3.81. The van der Waals surface area contributed by atoms with E-state index in [-0.39, 0.29) is 0 Å². The molecule has 0 atom stereocenters. The highest BCUT2D eigenvalue weighted by atomic mass is 32.2. The Labute approximate surface area is 90.1 Å². The molecule has 0 unspecified atom stereocenters. The number of fused-ring (bicyclic) bond motifs is 1. The molecule has 0 aliphatic carbocycles. The van der Waals surface area contributed by atoms with Crippen molar-refractivity contribution in [2.75, 3.05) is 12.0 Å². The van der Waals surface area contributed by atoms with Crippen LogP contribution in [0.4, 0.5) is 5.69 Å². The van der Waals surface area contributed by atoms with Gasteiger partial charge in [-0.15, -0.1) is 23.1 Å². The van der Waals surface area contributed by atoms with Crippen molar-refractivity contribution < 1.29 is 4.79 Å². The van der Waals surface area contributed by atoms with Gasteiger partial charge in [-0.2, -0.15) is 0 Å². The summed E-state index contributed by atoms with van der Waals surface area (Å²) < 4.78 is 1.00. The van der Waals surface area contributed by atoms with Gasteiger partial charge < -0.3 is 5.73 Å². The van der Waals surface area contributed by atoms with Crippen LogP contribution >= 0.6 is 23.1 Å². The summed E-state index contributed by atoms with van der Waals surface area (Å²) >= 11 is 3.12.